The molecule has 0 aromatic rings. The highest BCUT2D eigenvalue weighted by atomic mass is 31.2. The van der Waals surface area contributed by atoms with Gasteiger partial charge in [-0.3, -0.25) is 0 Å². The topological polar surface area (TPSA) is 9.23 Å². The van der Waals surface area contributed by atoms with Crippen molar-refractivity contribution in [3.8, 4) is 0 Å². The highest BCUT2D eigenvalue weighted by Crippen LogP contribution is 2.52. The lowest BCUT2D eigenvalue weighted by molar-refractivity contribution is 0.369. The summed E-state index contributed by atoms with van der Waals surface area (Å²) < 4.78 is 5.85. The Hall–Kier alpha value is 0.390. The van der Waals surface area contributed by atoms with E-state index in [0.717, 1.165) is 6.61 Å². The molecule has 0 unspecified atom stereocenters. The van der Waals surface area contributed by atoms with Crippen molar-refractivity contribution in [1.29, 1.82) is 0 Å². The first-order valence-electron chi connectivity index (χ1n) is 10.1. The first-order chi connectivity index (χ1) is 10.6. The van der Waals surface area contributed by atoms with E-state index in [9.17, 15) is 0 Å². The zero-order valence-corrected chi connectivity index (χ0v) is 17.1. The van der Waals surface area contributed by atoms with Gasteiger partial charge in [0, 0.05) is 6.61 Å². The van der Waals surface area contributed by atoms with Gasteiger partial charge in [-0.15, -0.1) is 0 Å². The van der Waals surface area contributed by atoms with Crippen LogP contribution >= 0.6 is 7.49 Å². The van der Waals surface area contributed by atoms with Gasteiger partial charge in [0.05, 0.1) is 0 Å². The Morgan fingerprint density at radius 3 is 1.27 bits per heavy atom. The van der Waals surface area contributed by atoms with Crippen molar-refractivity contribution in [2.75, 3.05) is 26.1 Å². The van der Waals surface area contributed by atoms with Crippen LogP contribution < -0.4 is 0 Å². The lowest BCUT2D eigenvalue weighted by Crippen LogP contribution is -2.00. The monoisotopic (exact) mass is 331 g/mol. The molecular weight excluding hydrogens is 287 g/mol. The van der Waals surface area contributed by atoms with Gasteiger partial charge < -0.3 is 4.52 Å². The lowest BCUT2D eigenvalue weighted by atomic mass is 10.0. The van der Waals surface area contributed by atoms with Gasteiger partial charge in [-0.2, -0.15) is 0 Å². The molecule has 0 aliphatic rings. The Balaban J connectivity index is 3.11. The minimum Gasteiger partial charge on any atom is -0.366 e. The number of hydrogen-bond acceptors (Lipinski definition) is 1. The fourth-order valence-electron chi connectivity index (χ4n) is 3.10. The largest absolute Gasteiger partial charge is 0.366 e. The Labute approximate surface area is 142 Å². The molecule has 0 heterocycles. The van der Waals surface area contributed by atoms with E-state index < -0.39 is 7.49 Å². The molecule has 0 fully saturated rings. The van der Waals surface area contributed by atoms with E-state index in [1.807, 2.05) is 0 Å². The third-order valence-electron chi connectivity index (χ3n) is 4.53. The van der Waals surface area contributed by atoms with Gasteiger partial charge in [0.1, 0.15) is 0 Å². The molecular formula is C20H44OP. The molecule has 0 atom stereocenters. The number of rotatable bonds is 17. The van der Waals surface area contributed by atoms with Crippen molar-refractivity contribution in [3.63, 3.8) is 0 Å². The van der Waals surface area contributed by atoms with Crippen LogP contribution in [0.15, 0.2) is 0 Å². The smallest absolute Gasteiger partial charge is 0.0474 e. The third-order valence-corrected chi connectivity index (χ3v) is 6.88. The van der Waals surface area contributed by atoms with Crippen molar-refractivity contribution in [2.24, 2.45) is 0 Å². The van der Waals surface area contributed by atoms with Crippen LogP contribution in [0.25, 0.3) is 0 Å². The van der Waals surface area contributed by atoms with Crippen LogP contribution in [0.5, 0.6) is 0 Å². The Kier molecular flexibility index (Phi) is 16.5. The van der Waals surface area contributed by atoms with E-state index in [2.05, 4.69) is 27.2 Å². The molecule has 0 saturated carbocycles. The van der Waals surface area contributed by atoms with E-state index in [1.54, 1.807) is 0 Å². The molecule has 2 heteroatoms. The molecule has 0 bridgehead atoms. The molecule has 22 heavy (non-hydrogen) atoms. The molecule has 0 N–H and O–H groups in total. The summed E-state index contributed by atoms with van der Waals surface area (Å²) in [6.07, 6.45) is 21.5. The van der Waals surface area contributed by atoms with Gasteiger partial charge >= 0.3 is 0 Å². The summed E-state index contributed by atoms with van der Waals surface area (Å²) in [5, 5.41) is 0. The molecule has 0 aliphatic heterocycles. The van der Waals surface area contributed by atoms with Gasteiger partial charge in [-0.25, -0.2) is 0 Å². The van der Waals surface area contributed by atoms with Crippen LogP contribution in [0.1, 0.15) is 104 Å². The van der Waals surface area contributed by atoms with Crippen LogP contribution in [0.3, 0.4) is 0 Å². The van der Waals surface area contributed by atoms with Gasteiger partial charge in [0.25, 0.3) is 0 Å². The van der Waals surface area contributed by atoms with Crippen LogP contribution in [0, 0.1) is 0 Å². The second-order valence-corrected chi connectivity index (χ2v) is 11.2. The van der Waals surface area contributed by atoms with E-state index in [4.69, 9.17) is 4.52 Å². The molecule has 1 radical (unpaired) electrons. The Morgan fingerprint density at radius 1 is 0.545 bits per heavy atom. The average Bonchev–Trinajstić information content (AvgIpc) is 2.47. The molecule has 1 nitrogen and oxygen atoms in total. The highest BCUT2D eigenvalue weighted by molar-refractivity contribution is 7.69. The zero-order chi connectivity index (χ0) is 16.5. The predicted molar refractivity (Wildman–Crippen MR) is 106 cm³/mol. The maximum absolute atomic E-state index is 5.85. The summed E-state index contributed by atoms with van der Waals surface area (Å²) in [6.45, 7) is 9.96. The number of unbranched alkanes of at least 4 members (excludes halogenated alkanes) is 13. The van der Waals surface area contributed by atoms with E-state index >= 15 is 0 Å². The lowest BCUT2D eigenvalue weighted by Gasteiger charge is -2.26. The van der Waals surface area contributed by atoms with Gasteiger partial charge in [0.2, 0.25) is 0 Å². The second-order valence-electron chi connectivity index (χ2n) is 7.31. The Morgan fingerprint density at radius 2 is 0.909 bits per heavy atom. The SMILES string of the molecule is CCCCCCCCCCCCCCCC[P](C)(C)OCC. The van der Waals surface area contributed by atoms with Crippen molar-refractivity contribution in [3.05, 3.63) is 0 Å². The van der Waals surface area contributed by atoms with Crippen molar-refractivity contribution < 1.29 is 4.52 Å². The van der Waals surface area contributed by atoms with Gasteiger partial charge in [0.15, 0.2) is 0 Å². The maximum Gasteiger partial charge on any atom is 0.0474 e. The van der Waals surface area contributed by atoms with Gasteiger partial charge in [-0.1, -0.05) is 90.4 Å². The number of hydrogen-bond donors (Lipinski definition) is 0. The summed E-state index contributed by atoms with van der Waals surface area (Å²) in [4.78, 5) is 0. The quantitative estimate of drug-likeness (QED) is 0.196. The van der Waals surface area contributed by atoms with Crippen LogP contribution in [-0.2, 0) is 4.52 Å². The Bertz CT molecular complexity index is 216. The maximum atomic E-state index is 5.85. The summed E-state index contributed by atoms with van der Waals surface area (Å²) in [5.74, 6) is 0. The molecule has 135 valence electrons. The molecule has 0 saturated heterocycles. The summed E-state index contributed by atoms with van der Waals surface area (Å²) in [7, 11) is -1.03. The summed E-state index contributed by atoms with van der Waals surface area (Å²) in [6, 6.07) is 0. The molecule has 0 aromatic carbocycles. The fourth-order valence-corrected chi connectivity index (χ4v) is 4.91. The minimum atomic E-state index is -1.03. The van der Waals surface area contributed by atoms with Crippen molar-refractivity contribution >= 4 is 7.49 Å². The molecule has 0 aromatic heterocycles. The standard InChI is InChI=1S/C20H44OP/c1-5-7-8-9-10-11-12-13-14-15-16-17-18-19-20-22(3,4)21-6-2/h5-20H2,1-4H3. The van der Waals surface area contributed by atoms with Gasteiger partial charge in [-0.05, 0) is 40.3 Å². The summed E-state index contributed by atoms with van der Waals surface area (Å²) >= 11 is 0. The molecule has 0 spiro atoms. The third kappa shape index (κ3) is 16.8. The zero-order valence-electron chi connectivity index (χ0n) is 16.2. The average molecular weight is 332 g/mol. The van der Waals surface area contributed by atoms with E-state index in [0.29, 0.717) is 0 Å². The highest BCUT2D eigenvalue weighted by Gasteiger charge is 2.13. The first-order valence-corrected chi connectivity index (χ1v) is 12.9. The fraction of sp³-hybridized carbons (Fsp3) is 1.00. The minimum absolute atomic E-state index is 0.888. The van der Waals surface area contributed by atoms with Crippen LogP contribution in [0.2, 0.25) is 0 Å². The first kappa shape index (κ1) is 22.4. The second kappa shape index (κ2) is 16.3. The molecule has 0 aliphatic carbocycles. The normalized spacial score (nSPS) is 12.0. The van der Waals surface area contributed by atoms with Crippen LogP contribution in [0.4, 0.5) is 0 Å². The van der Waals surface area contributed by atoms with E-state index in [-0.39, 0.29) is 0 Å². The predicted octanol–water partition coefficient (Wildman–Crippen LogP) is 7.70. The van der Waals surface area contributed by atoms with Crippen LogP contribution in [-0.4, -0.2) is 26.1 Å². The van der Waals surface area contributed by atoms with Crippen molar-refractivity contribution in [2.45, 2.75) is 104 Å². The van der Waals surface area contributed by atoms with Crippen molar-refractivity contribution in [1.82, 2.24) is 0 Å². The molecule has 0 amide bonds. The summed E-state index contributed by atoms with van der Waals surface area (Å²) in [5.41, 5.74) is 0. The molecule has 0 rings (SSSR count). The van der Waals surface area contributed by atoms with E-state index in [1.165, 1.54) is 96.1 Å².